The van der Waals surface area contributed by atoms with Crippen molar-refractivity contribution in [2.45, 2.75) is 11.1 Å². The Balaban J connectivity index is 1.75. The highest BCUT2D eigenvalue weighted by Crippen LogP contribution is 2.32. The minimum atomic E-state index is -4.98. The number of nitrogens with zero attached hydrogens (tertiary/aromatic N) is 2. The fourth-order valence-electron chi connectivity index (χ4n) is 3.01. The molecule has 1 amide bonds. The summed E-state index contributed by atoms with van der Waals surface area (Å²) in [6.45, 7) is -0.865. The van der Waals surface area contributed by atoms with E-state index in [1.54, 1.807) is 0 Å². The summed E-state index contributed by atoms with van der Waals surface area (Å²) in [7, 11) is -4.30. The van der Waals surface area contributed by atoms with Gasteiger partial charge in [-0.2, -0.15) is 17.5 Å². The Hall–Kier alpha value is -2.60. The van der Waals surface area contributed by atoms with Crippen LogP contribution in [-0.4, -0.2) is 49.7 Å². The lowest BCUT2D eigenvalue weighted by molar-refractivity contribution is -0.140. The van der Waals surface area contributed by atoms with Gasteiger partial charge in [0.25, 0.3) is 5.91 Å². The van der Waals surface area contributed by atoms with Crippen LogP contribution in [0.25, 0.3) is 0 Å². The van der Waals surface area contributed by atoms with Gasteiger partial charge in [-0.05, 0) is 30.3 Å². The maximum absolute atomic E-state index is 13.9. The Kier molecular flexibility index (Phi) is 5.83. The molecule has 3 rings (SSSR count). The maximum atomic E-state index is 13.9. The van der Waals surface area contributed by atoms with E-state index in [2.05, 4.69) is 0 Å². The van der Waals surface area contributed by atoms with Crippen molar-refractivity contribution < 1.29 is 39.6 Å². The third-order valence-electron chi connectivity index (χ3n) is 4.56. The monoisotopic (exact) mass is 452 g/mol. The fourth-order valence-corrected chi connectivity index (χ4v) is 4.48. The molecule has 0 radical (unpaired) electrons. The molecule has 5 nitrogen and oxygen atoms in total. The summed E-state index contributed by atoms with van der Waals surface area (Å²) in [6.07, 6.45) is -4.98. The molecule has 1 aliphatic heterocycles. The molecule has 1 aliphatic rings. The molecule has 1 heterocycles. The quantitative estimate of drug-likeness (QED) is 0.672. The Morgan fingerprint density at radius 1 is 0.867 bits per heavy atom. The fraction of sp³-hybridized carbons (Fsp3) is 0.278. The van der Waals surface area contributed by atoms with Crippen LogP contribution in [0.2, 0.25) is 0 Å². The maximum Gasteiger partial charge on any atom is 0.419 e. The normalized spacial score (nSPS) is 16.0. The van der Waals surface area contributed by atoms with Crippen LogP contribution < -0.4 is 0 Å². The van der Waals surface area contributed by atoms with Crippen molar-refractivity contribution in [3.05, 3.63) is 65.0 Å². The predicted octanol–water partition coefficient (Wildman–Crippen LogP) is 3.27. The van der Waals surface area contributed by atoms with Gasteiger partial charge < -0.3 is 4.90 Å². The molecule has 0 saturated carbocycles. The molecule has 2 aromatic carbocycles. The molecule has 0 aliphatic carbocycles. The Morgan fingerprint density at radius 2 is 1.50 bits per heavy atom. The zero-order valence-corrected chi connectivity index (χ0v) is 15.9. The first kappa shape index (κ1) is 22.1. The van der Waals surface area contributed by atoms with Gasteiger partial charge in [0, 0.05) is 37.8 Å². The molecular weight excluding hydrogens is 438 g/mol. The van der Waals surface area contributed by atoms with Gasteiger partial charge in [-0.15, -0.1) is 0 Å². The number of amides is 1. The molecule has 162 valence electrons. The van der Waals surface area contributed by atoms with E-state index in [0.29, 0.717) is 18.2 Å². The predicted molar refractivity (Wildman–Crippen MR) is 92.4 cm³/mol. The Labute approximate surface area is 167 Å². The molecule has 1 saturated heterocycles. The molecular formula is C18H14F6N2O3S. The Morgan fingerprint density at radius 3 is 2.07 bits per heavy atom. The van der Waals surface area contributed by atoms with Gasteiger partial charge in [0.05, 0.1) is 5.56 Å². The van der Waals surface area contributed by atoms with Crippen molar-refractivity contribution in [1.82, 2.24) is 9.21 Å². The van der Waals surface area contributed by atoms with Crippen LogP contribution in [-0.2, 0) is 16.2 Å². The van der Waals surface area contributed by atoms with Gasteiger partial charge >= 0.3 is 6.18 Å². The zero-order valence-electron chi connectivity index (χ0n) is 15.1. The lowest BCUT2D eigenvalue weighted by Crippen LogP contribution is -2.50. The molecule has 0 aromatic heterocycles. The smallest absolute Gasteiger partial charge is 0.336 e. The summed E-state index contributed by atoms with van der Waals surface area (Å²) in [5.41, 5.74) is -1.98. The highest BCUT2D eigenvalue weighted by atomic mass is 32.2. The number of rotatable bonds is 3. The molecule has 30 heavy (non-hydrogen) atoms. The van der Waals surface area contributed by atoms with Gasteiger partial charge in [0.2, 0.25) is 10.0 Å². The first-order valence-corrected chi connectivity index (χ1v) is 9.96. The van der Waals surface area contributed by atoms with Crippen LogP contribution >= 0.6 is 0 Å². The summed E-state index contributed by atoms with van der Waals surface area (Å²) in [5, 5.41) is 0. The third kappa shape index (κ3) is 4.29. The van der Waals surface area contributed by atoms with Crippen molar-refractivity contribution in [3.63, 3.8) is 0 Å². The van der Waals surface area contributed by atoms with E-state index in [1.807, 2.05) is 0 Å². The number of halogens is 6. The van der Waals surface area contributed by atoms with Crippen LogP contribution in [0.4, 0.5) is 26.3 Å². The molecule has 0 unspecified atom stereocenters. The number of hydrogen-bond acceptors (Lipinski definition) is 3. The average Bonchev–Trinajstić information content (AvgIpc) is 2.66. The van der Waals surface area contributed by atoms with E-state index in [4.69, 9.17) is 0 Å². The molecule has 0 bridgehead atoms. The highest BCUT2D eigenvalue weighted by Gasteiger charge is 2.36. The van der Waals surface area contributed by atoms with E-state index in [-0.39, 0.29) is 26.2 Å². The minimum Gasteiger partial charge on any atom is -0.336 e. The van der Waals surface area contributed by atoms with Gasteiger partial charge in [0.15, 0.2) is 0 Å². The minimum absolute atomic E-state index is 0.181. The van der Waals surface area contributed by atoms with E-state index in [0.717, 1.165) is 27.4 Å². The van der Waals surface area contributed by atoms with E-state index in [1.165, 1.54) is 0 Å². The summed E-state index contributed by atoms with van der Waals surface area (Å²) in [4.78, 5) is 12.9. The van der Waals surface area contributed by atoms with Crippen LogP contribution in [0.5, 0.6) is 0 Å². The number of carbonyl (C=O) groups is 1. The number of piperazine rings is 1. The molecule has 0 N–H and O–H groups in total. The standard InChI is InChI=1S/C18H14F6N2O3S/c19-12-2-4-16(15(21)10-12)30(28,29)26-7-5-25(6-8-26)17(27)11-1-3-14(20)13(9-11)18(22,23)24/h1-4,9-10H,5-8H2. The third-order valence-corrected chi connectivity index (χ3v) is 6.49. The summed E-state index contributed by atoms with van der Waals surface area (Å²) >= 11 is 0. The van der Waals surface area contributed by atoms with Crippen LogP contribution in [0.3, 0.4) is 0 Å². The Bertz CT molecular complexity index is 1080. The van der Waals surface area contributed by atoms with Gasteiger partial charge in [0.1, 0.15) is 22.3 Å². The molecule has 2 aromatic rings. The molecule has 12 heteroatoms. The van der Waals surface area contributed by atoms with Gasteiger partial charge in [-0.3, -0.25) is 4.79 Å². The van der Waals surface area contributed by atoms with Crippen LogP contribution in [0.15, 0.2) is 41.3 Å². The number of alkyl halides is 3. The topological polar surface area (TPSA) is 57.7 Å². The van der Waals surface area contributed by atoms with Crippen molar-refractivity contribution in [1.29, 1.82) is 0 Å². The van der Waals surface area contributed by atoms with Crippen molar-refractivity contribution in [3.8, 4) is 0 Å². The number of sulfonamides is 1. The lowest BCUT2D eigenvalue weighted by atomic mass is 10.1. The largest absolute Gasteiger partial charge is 0.419 e. The van der Waals surface area contributed by atoms with E-state index in [9.17, 15) is 39.6 Å². The summed E-state index contributed by atoms with van der Waals surface area (Å²) in [6, 6.07) is 3.85. The highest BCUT2D eigenvalue weighted by molar-refractivity contribution is 7.89. The van der Waals surface area contributed by atoms with Crippen LogP contribution in [0.1, 0.15) is 15.9 Å². The summed E-state index contributed by atoms with van der Waals surface area (Å²) in [5.74, 6) is -4.55. The first-order valence-electron chi connectivity index (χ1n) is 8.52. The zero-order chi connectivity index (χ0) is 22.3. The van der Waals surface area contributed by atoms with E-state index < -0.39 is 55.6 Å². The molecule has 0 spiro atoms. The molecule has 0 atom stereocenters. The van der Waals surface area contributed by atoms with E-state index >= 15 is 0 Å². The second kappa shape index (κ2) is 7.91. The lowest BCUT2D eigenvalue weighted by Gasteiger charge is -2.34. The van der Waals surface area contributed by atoms with Gasteiger partial charge in [-0.25, -0.2) is 21.6 Å². The number of benzene rings is 2. The van der Waals surface area contributed by atoms with Gasteiger partial charge in [-0.1, -0.05) is 0 Å². The second-order valence-electron chi connectivity index (χ2n) is 6.46. The van der Waals surface area contributed by atoms with Crippen molar-refractivity contribution in [2.75, 3.05) is 26.2 Å². The van der Waals surface area contributed by atoms with Crippen LogP contribution in [0, 0.1) is 17.5 Å². The molecule has 1 fully saturated rings. The number of hydrogen-bond donors (Lipinski definition) is 0. The number of carbonyl (C=O) groups excluding carboxylic acids is 1. The van der Waals surface area contributed by atoms with Crippen molar-refractivity contribution >= 4 is 15.9 Å². The first-order chi connectivity index (χ1) is 13.9. The second-order valence-corrected chi connectivity index (χ2v) is 8.37. The van der Waals surface area contributed by atoms with Crippen molar-refractivity contribution in [2.24, 2.45) is 0 Å². The average molecular weight is 452 g/mol. The SMILES string of the molecule is O=C(c1ccc(F)c(C(F)(F)F)c1)N1CCN(S(=O)(=O)c2ccc(F)cc2F)CC1. The summed E-state index contributed by atoms with van der Waals surface area (Å²) < 4.78 is 105.